The molecule has 7 heteroatoms. The van der Waals surface area contributed by atoms with Crippen LogP contribution >= 0.6 is 0 Å². The lowest BCUT2D eigenvalue weighted by Crippen LogP contribution is -2.08. The van der Waals surface area contributed by atoms with Crippen molar-refractivity contribution in [2.75, 3.05) is 17.7 Å². The molecule has 0 amide bonds. The molecule has 112 valence electrons. The number of halogens is 4. The molecule has 0 aliphatic rings. The van der Waals surface area contributed by atoms with Gasteiger partial charge in [0.1, 0.15) is 17.5 Å². The maximum atomic E-state index is 13.7. The number of pyridine rings is 1. The number of aryl methyl sites for hydroxylation is 1. The van der Waals surface area contributed by atoms with Crippen molar-refractivity contribution in [2.45, 2.75) is 13.1 Å². The number of alkyl halides is 3. The molecule has 0 atom stereocenters. The predicted octanol–water partition coefficient (Wildman–Crippen LogP) is 4.33. The number of nitrogens with one attached hydrogen (secondary N) is 2. The van der Waals surface area contributed by atoms with Crippen LogP contribution in [0.5, 0.6) is 0 Å². The molecule has 2 aromatic rings. The van der Waals surface area contributed by atoms with Crippen molar-refractivity contribution in [1.29, 1.82) is 0 Å². The Labute approximate surface area is 119 Å². The fourth-order valence-corrected chi connectivity index (χ4v) is 1.75. The van der Waals surface area contributed by atoms with Crippen LogP contribution < -0.4 is 10.6 Å². The van der Waals surface area contributed by atoms with Crippen molar-refractivity contribution >= 4 is 17.3 Å². The highest BCUT2D eigenvalue weighted by molar-refractivity contribution is 5.60. The van der Waals surface area contributed by atoms with Gasteiger partial charge >= 0.3 is 6.18 Å². The van der Waals surface area contributed by atoms with Gasteiger partial charge in [-0.25, -0.2) is 9.37 Å². The molecule has 1 aromatic heterocycles. The van der Waals surface area contributed by atoms with E-state index in [4.69, 9.17) is 0 Å². The summed E-state index contributed by atoms with van der Waals surface area (Å²) in [5, 5.41) is 5.11. The minimum Gasteiger partial charge on any atom is -0.373 e. The van der Waals surface area contributed by atoms with Crippen LogP contribution in [0.15, 0.2) is 30.3 Å². The summed E-state index contributed by atoms with van der Waals surface area (Å²) in [5.74, 6) is -0.600. The van der Waals surface area contributed by atoms with Gasteiger partial charge in [0.2, 0.25) is 0 Å². The number of anilines is 3. The topological polar surface area (TPSA) is 37.0 Å². The van der Waals surface area contributed by atoms with Gasteiger partial charge in [-0.05, 0) is 36.8 Å². The van der Waals surface area contributed by atoms with E-state index in [1.54, 1.807) is 13.0 Å². The van der Waals surface area contributed by atoms with Crippen molar-refractivity contribution in [2.24, 2.45) is 0 Å². The SMILES string of the molecule is CNc1cc(C(F)(F)F)cc(Nc2ccc(C)cc2F)n1. The molecule has 2 rings (SSSR count). The summed E-state index contributed by atoms with van der Waals surface area (Å²) >= 11 is 0. The molecule has 0 radical (unpaired) electrons. The first-order valence-electron chi connectivity index (χ1n) is 6.10. The maximum Gasteiger partial charge on any atom is 0.416 e. The highest BCUT2D eigenvalue weighted by Gasteiger charge is 2.31. The molecule has 0 aliphatic carbocycles. The van der Waals surface area contributed by atoms with Gasteiger partial charge in [-0.2, -0.15) is 13.2 Å². The molecule has 0 spiro atoms. The van der Waals surface area contributed by atoms with Crippen LogP contribution in [0.25, 0.3) is 0 Å². The molecule has 3 nitrogen and oxygen atoms in total. The first kappa shape index (κ1) is 15.1. The highest BCUT2D eigenvalue weighted by atomic mass is 19.4. The van der Waals surface area contributed by atoms with Crippen LogP contribution in [0.1, 0.15) is 11.1 Å². The summed E-state index contributed by atoms with van der Waals surface area (Å²) < 4.78 is 52.1. The molecule has 2 N–H and O–H groups in total. The van der Waals surface area contributed by atoms with Gasteiger partial charge in [0.15, 0.2) is 0 Å². The number of aromatic nitrogens is 1. The summed E-state index contributed by atoms with van der Waals surface area (Å²) in [5.41, 5.74) is -0.0858. The first-order valence-corrected chi connectivity index (χ1v) is 6.10. The summed E-state index contributed by atoms with van der Waals surface area (Å²) in [7, 11) is 1.46. The van der Waals surface area contributed by atoms with Crippen molar-refractivity contribution < 1.29 is 17.6 Å². The Morgan fingerprint density at radius 2 is 1.71 bits per heavy atom. The second-order valence-corrected chi connectivity index (χ2v) is 4.48. The van der Waals surface area contributed by atoms with Crippen molar-refractivity contribution in [3.05, 3.63) is 47.3 Å². The van der Waals surface area contributed by atoms with Crippen molar-refractivity contribution in [3.63, 3.8) is 0 Å². The van der Waals surface area contributed by atoms with E-state index in [2.05, 4.69) is 15.6 Å². The van der Waals surface area contributed by atoms with E-state index in [-0.39, 0.29) is 17.3 Å². The minimum absolute atomic E-state index is 0.0415. The summed E-state index contributed by atoms with van der Waals surface area (Å²) in [6.07, 6.45) is -4.50. The predicted molar refractivity (Wildman–Crippen MR) is 73.2 cm³/mol. The third-order valence-electron chi connectivity index (χ3n) is 2.80. The molecule has 0 saturated carbocycles. The molecule has 1 heterocycles. The van der Waals surface area contributed by atoms with Gasteiger partial charge < -0.3 is 10.6 Å². The number of hydrogen-bond acceptors (Lipinski definition) is 3. The smallest absolute Gasteiger partial charge is 0.373 e. The highest BCUT2D eigenvalue weighted by Crippen LogP contribution is 2.32. The average molecular weight is 299 g/mol. The minimum atomic E-state index is -4.50. The van der Waals surface area contributed by atoms with Crippen LogP contribution in [-0.2, 0) is 6.18 Å². The molecular formula is C14H13F4N3. The molecular weight excluding hydrogens is 286 g/mol. The lowest BCUT2D eigenvalue weighted by Gasteiger charge is -2.13. The van der Waals surface area contributed by atoms with Crippen molar-refractivity contribution in [3.8, 4) is 0 Å². The standard InChI is InChI=1S/C14H13F4N3/c1-8-3-4-11(10(15)5-8)20-13-7-9(14(16,17)18)6-12(19-2)21-13/h3-7H,1-2H3,(H2,19,20,21). The largest absolute Gasteiger partial charge is 0.416 e. The molecule has 0 unspecified atom stereocenters. The Morgan fingerprint density at radius 1 is 1.05 bits per heavy atom. The third kappa shape index (κ3) is 3.62. The molecule has 1 aromatic carbocycles. The van der Waals surface area contributed by atoms with Gasteiger partial charge in [0.25, 0.3) is 0 Å². The molecule has 0 saturated heterocycles. The molecule has 0 fully saturated rings. The zero-order valence-electron chi connectivity index (χ0n) is 11.3. The van der Waals surface area contributed by atoms with Gasteiger partial charge in [-0.15, -0.1) is 0 Å². The average Bonchev–Trinajstić information content (AvgIpc) is 2.40. The zero-order valence-corrected chi connectivity index (χ0v) is 11.3. The van der Waals surface area contributed by atoms with Crippen LogP contribution in [0.3, 0.4) is 0 Å². The van der Waals surface area contributed by atoms with Gasteiger partial charge in [0.05, 0.1) is 11.3 Å². The first-order chi connectivity index (χ1) is 9.79. The molecule has 0 aliphatic heterocycles. The molecule has 21 heavy (non-hydrogen) atoms. The number of rotatable bonds is 3. The Bertz CT molecular complexity index is 653. The van der Waals surface area contributed by atoms with E-state index < -0.39 is 17.6 Å². The summed E-state index contributed by atoms with van der Waals surface area (Å²) in [4.78, 5) is 3.94. The van der Waals surface area contributed by atoms with E-state index in [0.29, 0.717) is 5.56 Å². The van der Waals surface area contributed by atoms with Gasteiger partial charge in [-0.3, -0.25) is 0 Å². The van der Waals surface area contributed by atoms with E-state index in [9.17, 15) is 17.6 Å². The molecule has 0 bridgehead atoms. The quantitative estimate of drug-likeness (QED) is 0.828. The Morgan fingerprint density at radius 3 is 2.29 bits per heavy atom. The van der Waals surface area contributed by atoms with E-state index >= 15 is 0 Å². The Kier molecular flexibility index (Phi) is 4.02. The van der Waals surface area contributed by atoms with E-state index in [0.717, 1.165) is 12.1 Å². The van der Waals surface area contributed by atoms with Crippen LogP contribution in [0.4, 0.5) is 34.9 Å². The fourth-order valence-electron chi connectivity index (χ4n) is 1.75. The van der Waals surface area contributed by atoms with E-state index in [1.165, 1.54) is 19.2 Å². The van der Waals surface area contributed by atoms with Crippen LogP contribution in [0.2, 0.25) is 0 Å². The second-order valence-electron chi connectivity index (χ2n) is 4.48. The Hall–Kier alpha value is -2.31. The normalized spacial score (nSPS) is 11.3. The second kappa shape index (κ2) is 5.59. The van der Waals surface area contributed by atoms with E-state index in [1.807, 2.05) is 0 Å². The lowest BCUT2D eigenvalue weighted by molar-refractivity contribution is -0.137. The summed E-state index contributed by atoms with van der Waals surface area (Å²) in [6.45, 7) is 1.72. The van der Waals surface area contributed by atoms with Crippen LogP contribution in [-0.4, -0.2) is 12.0 Å². The Balaban J connectivity index is 2.39. The fraction of sp³-hybridized carbons (Fsp3) is 0.214. The van der Waals surface area contributed by atoms with Gasteiger partial charge in [-0.1, -0.05) is 6.07 Å². The van der Waals surface area contributed by atoms with Crippen LogP contribution in [0, 0.1) is 12.7 Å². The number of benzene rings is 1. The van der Waals surface area contributed by atoms with Crippen molar-refractivity contribution in [1.82, 2.24) is 4.98 Å². The van der Waals surface area contributed by atoms with Gasteiger partial charge in [0, 0.05) is 7.05 Å². The summed E-state index contributed by atoms with van der Waals surface area (Å²) in [6, 6.07) is 6.11. The third-order valence-corrected chi connectivity index (χ3v) is 2.80. The number of nitrogens with zero attached hydrogens (tertiary/aromatic N) is 1. The zero-order chi connectivity index (χ0) is 15.6. The number of hydrogen-bond donors (Lipinski definition) is 2. The monoisotopic (exact) mass is 299 g/mol. The maximum absolute atomic E-state index is 13.7. The lowest BCUT2D eigenvalue weighted by atomic mass is 10.2.